The average Bonchev–Trinajstić information content (AvgIpc) is 2.92. The Morgan fingerprint density at radius 3 is 2.47 bits per heavy atom. The van der Waals surface area contributed by atoms with Gasteiger partial charge in [-0.05, 0) is 33.6 Å². The summed E-state index contributed by atoms with van der Waals surface area (Å²) in [7, 11) is 1.30. The maximum absolute atomic E-state index is 12.2. The average molecular weight is 271 g/mol. The standard InChI is InChI=1S/C13H21NO5/c1-12(2,3)19-11(17)14-8(10(16)18-4)5-13(7-15)6-9(13)14/h8-9,15H,5-7H2,1-4H3/t8-,9-,13+/m0/s1. The lowest BCUT2D eigenvalue weighted by Gasteiger charge is -2.29. The molecule has 1 heterocycles. The number of ether oxygens (including phenoxy) is 2. The number of carbonyl (C=O) groups is 2. The molecule has 3 atom stereocenters. The van der Waals surface area contributed by atoms with Gasteiger partial charge in [-0.15, -0.1) is 0 Å². The molecule has 2 rings (SSSR count). The Kier molecular flexibility index (Phi) is 3.24. The van der Waals surface area contributed by atoms with Crippen LogP contribution in [0.5, 0.6) is 0 Å². The van der Waals surface area contributed by atoms with E-state index in [1.54, 1.807) is 20.8 Å². The summed E-state index contributed by atoms with van der Waals surface area (Å²) < 4.78 is 10.1. The number of aliphatic hydroxyl groups excluding tert-OH is 1. The fraction of sp³-hybridized carbons (Fsp3) is 0.846. The smallest absolute Gasteiger partial charge is 0.411 e. The highest BCUT2D eigenvalue weighted by Gasteiger charge is 2.68. The van der Waals surface area contributed by atoms with E-state index in [4.69, 9.17) is 9.47 Å². The van der Waals surface area contributed by atoms with Crippen LogP contribution in [0.1, 0.15) is 33.6 Å². The Balaban J connectivity index is 2.16. The van der Waals surface area contributed by atoms with Gasteiger partial charge in [-0.3, -0.25) is 4.90 Å². The molecule has 0 bridgehead atoms. The van der Waals surface area contributed by atoms with Crippen LogP contribution in [0.3, 0.4) is 0 Å². The largest absolute Gasteiger partial charge is 0.467 e. The van der Waals surface area contributed by atoms with E-state index in [9.17, 15) is 14.7 Å². The van der Waals surface area contributed by atoms with Gasteiger partial charge in [0, 0.05) is 11.5 Å². The van der Waals surface area contributed by atoms with Gasteiger partial charge in [0.05, 0.1) is 13.7 Å². The van der Waals surface area contributed by atoms with Gasteiger partial charge in [0.1, 0.15) is 11.6 Å². The Morgan fingerprint density at radius 2 is 2.00 bits per heavy atom. The molecule has 0 unspecified atom stereocenters. The van der Waals surface area contributed by atoms with Crippen molar-refractivity contribution in [2.24, 2.45) is 5.41 Å². The first kappa shape index (κ1) is 14.1. The number of piperidine rings is 1. The molecule has 1 saturated carbocycles. The van der Waals surface area contributed by atoms with Gasteiger partial charge in [0.2, 0.25) is 0 Å². The van der Waals surface area contributed by atoms with Crippen LogP contribution in [0.4, 0.5) is 4.79 Å². The van der Waals surface area contributed by atoms with Crippen molar-refractivity contribution >= 4 is 12.1 Å². The van der Waals surface area contributed by atoms with Gasteiger partial charge in [0.15, 0.2) is 0 Å². The monoisotopic (exact) mass is 271 g/mol. The number of aliphatic hydroxyl groups is 1. The number of hydrogen-bond acceptors (Lipinski definition) is 5. The molecule has 1 amide bonds. The Morgan fingerprint density at radius 1 is 1.37 bits per heavy atom. The van der Waals surface area contributed by atoms with E-state index >= 15 is 0 Å². The molecule has 0 aromatic carbocycles. The van der Waals surface area contributed by atoms with Gasteiger partial charge in [0.25, 0.3) is 0 Å². The van der Waals surface area contributed by atoms with E-state index in [0.717, 1.165) is 6.42 Å². The second-order valence-corrected chi connectivity index (χ2v) is 6.37. The van der Waals surface area contributed by atoms with E-state index in [2.05, 4.69) is 0 Å². The van der Waals surface area contributed by atoms with Crippen LogP contribution in [-0.4, -0.2) is 53.5 Å². The SMILES string of the molecule is COC(=O)[C@@H]1C[C@]2(CO)C[C@@H]2N1C(=O)OC(C)(C)C. The van der Waals surface area contributed by atoms with E-state index in [-0.39, 0.29) is 18.1 Å². The minimum absolute atomic E-state index is 0.0234. The Labute approximate surface area is 112 Å². The van der Waals surface area contributed by atoms with Crippen LogP contribution in [0, 0.1) is 5.41 Å². The Hall–Kier alpha value is -1.30. The first-order chi connectivity index (χ1) is 8.74. The number of nitrogens with zero attached hydrogens (tertiary/aromatic N) is 1. The highest BCUT2D eigenvalue weighted by atomic mass is 16.6. The summed E-state index contributed by atoms with van der Waals surface area (Å²) in [4.78, 5) is 25.4. The molecular formula is C13H21NO5. The van der Waals surface area contributed by atoms with E-state index < -0.39 is 23.7 Å². The minimum Gasteiger partial charge on any atom is -0.467 e. The van der Waals surface area contributed by atoms with Crippen molar-refractivity contribution in [1.29, 1.82) is 0 Å². The fourth-order valence-electron chi connectivity index (χ4n) is 2.78. The molecule has 108 valence electrons. The van der Waals surface area contributed by atoms with Crippen LogP contribution in [0.2, 0.25) is 0 Å². The lowest BCUT2D eigenvalue weighted by Crippen LogP contribution is -2.46. The molecule has 1 aliphatic carbocycles. The van der Waals surface area contributed by atoms with Gasteiger partial charge >= 0.3 is 12.1 Å². The molecule has 0 radical (unpaired) electrons. The number of esters is 1. The molecule has 1 saturated heterocycles. The molecule has 1 N–H and O–H groups in total. The second kappa shape index (κ2) is 4.37. The summed E-state index contributed by atoms with van der Waals surface area (Å²) in [5.74, 6) is -0.453. The second-order valence-electron chi connectivity index (χ2n) is 6.37. The minimum atomic E-state index is -0.647. The normalized spacial score (nSPS) is 32.8. The van der Waals surface area contributed by atoms with E-state index in [1.165, 1.54) is 12.0 Å². The number of hydrogen-bond donors (Lipinski definition) is 1. The molecule has 2 fully saturated rings. The van der Waals surface area contributed by atoms with Crippen molar-refractivity contribution in [3.8, 4) is 0 Å². The number of likely N-dealkylation sites (tertiary alicyclic amines) is 1. The van der Waals surface area contributed by atoms with Crippen molar-refractivity contribution in [3.63, 3.8) is 0 Å². The third-order valence-electron chi connectivity index (χ3n) is 3.81. The highest BCUT2D eigenvalue weighted by Crippen LogP contribution is 2.59. The molecular weight excluding hydrogens is 250 g/mol. The molecule has 19 heavy (non-hydrogen) atoms. The van der Waals surface area contributed by atoms with Gasteiger partial charge in [-0.1, -0.05) is 0 Å². The Bertz CT molecular complexity index is 402. The number of methoxy groups -OCH3 is 1. The maximum Gasteiger partial charge on any atom is 0.411 e. The number of amides is 1. The molecule has 1 aliphatic heterocycles. The topological polar surface area (TPSA) is 76.1 Å². The fourth-order valence-corrected chi connectivity index (χ4v) is 2.78. The predicted octanol–water partition coefficient (Wildman–Crippen LogP) is 0.920. The molecule has 6 heteroatoms. The van der Waals surface area contributed by atoms with Crippen LogP contribution in [-0.2, 0) is 14.3 Å². The zero-order valence-electron chi connectivity index (χ0n) is 11.8. The maximum atomic E-state index is 12.2. The molecule has 2 aliphatic rings. The third-order valence-corrected chi connectivity index (χ3v) is 3.81. The van der Waals surface area contributed by atoms with Crippen molar-refractivity contribution in [2.75, 3.05) is 13.7 Å². The highest BCUT2D eigenvalue weighted by molar-refractivity contribution is 5.83. The summed E-state index contributed by atoms with van der Waals surface area (Å²) in [6, 6.07) is -0.762. The zero-order valence-corrected chi connectivity index (χ0v) is 11.8. The van der Waals surface area contributed by atoms with Gasteiger partial charge < -0.3 is 14.6 Å². The van der Waals surface area contributed by atoms with Crippen LogP contribution in [0.25, 0.3) is 0 Å². The summed E-state index contributed by atoms with van der Waals surface area (Å²) in [6.45, 7) is 5.31. The van der Waals surface area contributed by atoms with Gasteiger partial charge in [-0.25, -0.2) is 9.59 Å². The van der Waals surface area contributed by atoms with E-state index in [1.807, 2.05) is 0 Å². The number of carbonyl (C=O) groups excluding carboxylic acids is 2. The van der Waals surface area contributed by atoms with Crippen molar-refractivity contribution in [2.45, 2.75) is 51.3 Å². The van der Waals surface area contributed by atoms with Crippen molar-refractivity contribution < 1.29 is 24.2 Å². The first-order valence-electron chi connectivity index (χ1n) is 6.44. The predicted molar refractivity (Wildman–Crippen MR) is 66.4 cm³/mol. The third kappa shape index (κ3) is 2.41. The van der Waals surface area contributed by atoms with Crippen LogP contribution in [0.15, 0.2) is 0 Å². The lowest BCUT2D eigenvalue weighted by molar-refractivity contribution is -0.146. The molecule has 0 aromatic rings. The van der Waals surface area contributed by atoms with E-state index in [0.29, 0.717) is 6.42 Å². The molecule has 0 spiro atoms. The summed E-state index contributed by atoms with van der Waals surface area (Å²) in [5, 5.41) is 9.44. The van der Waals surface area contributed by atoms with Crippen LogP contribution < -0.4 is 0 Å². The summed E-state index contributed by atoms with van der Waals surface area (Å²) >= 11 is 0. The lowest BCUT2D eigenvalue weighted by atomic mass is 10.0. The van der Waals surface area contributed by atoms with Crippen molar-refractivity contribution in [1.82, 2.24) is 4.90 Å². The number of fused-ring (bicyclic) bond motifs is 1. The van der Waals surface area contributed by atoms with Gasteiger partial charge in [-0.2, -0.15) is 0 Å². The first-order valence-corrected chi connectivity index (χ1v) is 6.44. The number of rotatable bonds is 2. The summed E-state index contributed by atoms with van der Waals surface area (Å²) in [6.07, 6.45) is 0.650. The summed E-state index contributed by atoms with van der Waals surface area (Å²) in [5.41, 5.74) is -0.952. The molecule has 0 aromatic heterocycles. The zero-order chi connectivity index (χ0) is 14.4. The quantitative estimate of drug-likeness (QED) is 0.756. The van der Waals surface area contributed by atoms with Crippen molar-refractivity contribution in [3.05, 3.63) is 0 Å². The van der Waals surface area contributed by atoms with Crippen LogP contribution >= 0.6 is 0 Å². The molecule has 6 nitrogen and oxygen atoms in total.